The molecule has 5 rings (SSSR count). The molecule has 0 spiro atoms. The van der Waals surface area contributed by atoms with Crippen LogP contribution in [0.15, 0.2) is 65.7 Å². The lowest BCUT2D eigenvalue weighted by atomic mass is 10.1. The maximum atomic E-state index is 12.7. The van der Waals surface area contributed by atoms with Crippen molar-refractivity contribution in [1.29, 1.82) is 0 Å². The smallest absolute Gasteiger partial charge is 0.329 e. The predicted octanol–water partition coefficient (Wildman–Crippen LogP) is 4.23. The van der Waals surface area contributed by atoms with Crippen molar-refractivity contribution in [3.05, 3.63) is 77.1 Å². The number of amides is 1. The third-order valence-electron chi connectivity index (χ3n) is 5.45. The molecule has 0 unspecified atom stereocenters. The minimum atomic E-state index is -0.275. The van der Waals surface area contributed by atoms with Gasteiger partial charge in [-0.2, -0.15) is 5.10 Å². The van der Waals surface area contributed by atoms with Crippen LogP contribution < -0.4 is 15.7 Å². The Balaban J connectivity index is 0.00000133. The maximum Gasteiger partial charge on any atom is 0.329 e. The van der Waals surface area contributed by atoms with Gasteiger partial charge in [-0.15, -0.1) is 0 Å². The van der Waals surface area contributed by atoms with Gasteiger partial charge in [-0.25, -0.2) is 9.78 Å². The predicted molar refractivity (Wildman–Crippen MR) is 132 cm³/mol. The van der Waals surface area contributed by atoms with E-state index in [4.69, 9.17) is 4.74 Å². The lowest BCUT2D eigenvalue weighted by Gasteiger charge is -2.13. The summed E-state index contributed by atoms with van der Waals surface area (Å²) in [7, 11) is 5.07. The zero-order chi connectivity index (χ0) is 24.4. The van der Waals surface area contributed by atoms with E-state index in [0.29, 0.717) is 34.0 Å². The van der Waals surface area contributed by atoms with E-state index in [1.54, 1.807) is 51.7 Å². The van der Waals surface area contributed by atoms with Crippen molar-refractivity contribution in [2.75, 3.05) is 5.32 Å². The molecule has 0 aliphatic heterocycles. The number of fused-ring (bicyclic) bond motifs is 2. The fourth-order valence-electron chi connectivity index (χ4n) is 3.82. The Bertz CT molecular complexity index is 1560. The van der Waals surface area contributed by atoms with Crippen LogP contribution in [0.2, 0.25) is 0 Å². The maximum absolute atomic E-state index is 12.7. The van der Waals surface area contributed by atoms with Crippen LogP contribution in [-0.4, -0.2) is 29.8 Å². The number of nitrogens with zero attached hydrogens (tertiary/aromatic N) is 5. The fraction of sp³-hybridized carbons (Fsp3) is 0.200. The summed E-state index contributed by atoms with van der Waals surface area (Å²) >= 11 is 0. The number of hydrogen-bond donors (Lipinski definition) is 1. The monoisotopic (exact) mass is 458 g/mol. The second kappa shape index (κ2) is 9.22. The van der Waals surface area contributed by atoms with Gasteiger partial charge in [-0.05, 0) is 17.5 Å². The molecule has 174 valence electrons. The Hall–Kier alpha value is -4.40. The van der Waals surface area contributed by atoms with Crippen LogP contribution >= 0.6 is 0 Å². The number of imidazole rings is 1. The standard InChI is InChI=1S/C23H20N6O3.C2H6/c1-27-20-18(9-10-24-21(20)28(2)23(27)31)32-19-13-15(12-14-6-4-5-7-16(14)19)26-22(30)17-8-11-25-29(17)3;1-2/h4-13H,1-3H3,(H,26,30);1-2H3. The highest BCUT2D eigenvalue weighted by Gasteiger charge is 2.17. The van der Waals surface area contributed by atoms with Crippen molar-refractivity contribution < 1.29 is 9.53 Å². The number of ether oxygens (including phenoxy) is 1. The van der Waals surface area contributed by atoms with Crippen LogP contribution in [0, 0.1) is 0 Å². The number of aromatic nitrogens is 5. The van der Waals surface area contributed by atoms with Crippen LogP contribution in [0.25, 0.3) is 21.9 Å². The van der Waals surface area contributed by atoms with Gasteiger partial charge in [0.25, 0.3) is 5.91 Å². The van der Waals surface area contributed by atoms with E-state index >= 15 is 0 Å². The molecule has 0 fully saturated rings. The van der Waals surface area contributed by atoms with Crippen molar-refractivity contribution in [2.45, 2.75) is 13.8 Å². The van der Waals surface area contributed by atoms with E-state index in [2.05, 4.69) is 15.4 Å². The van der Waals surface area contributed by atoms with E-state index in [1.807, 2.05) is 44.2 Å². The molecule has 34 heavy (non-hydrogen) atoms. The minimum Gasteiger partial charge on any atom is -0.454 e. The minimum absolute atomic E-state index is 0.189. The van der Waals surface area contributed by atoms with Crippen molar-refractivity contribution in [3.8, 4) is 11.5 Å². The number of carbonyl (C=O) groups excluding carboxylic acids is 1. The first-order valence-corrected chi connectivity index (χ1v) is 10.9. The molecule has 5 aromatic rings. The zero-order valence-electron chi connectivity index (χ0n) is 19.7. The molecule has 2 aromatic carbocycles. The average molecular weight is 459 g/mol. The van der Waals surface area contributed by atoms with Crippen molar-refractivity contribution in [2.24, 2.45) is 21.1 Å². The Morgan fingerprint density at radius 1 is 0.941 bits per heavy atom. The van der Waals surface area contributed by atoms with Crippen molar-refractivity contribution in [3.63, 3.8) is 0 Å². The Morgan fingerprint density at radius 2 is 1.71 bits per heavy atom. The average Bonchev–Trinajstić information content (AvgIpc) is 3.38. The normalized spacial score (nSPS) is 10.7. The summed E-state index contributed by atoms with van der Waals surface area (Å²) in [4.78, 5) is 29.4. The van der Waals surface area contributed by atoms with E-state index in [9.17, 15) is 9.59 Å². The molecule has 0 bridgehead atoms. The van der Waals surface area contributed by atoms with Gasteiger partial charge < -0.3 is 10.1 Å². The Morgan fingerprint density at radius 3 is 2.44 bits per heavy atom. The molecule has 0 saturated heterocycles. The van der Waals surface area contributed by atoms with Gasteiger partial charge in [0.1, 0.15) is 17.0 Å². The molecule has 0 aliphatic rings. The third kappa shape index (κ3) is 3.92. The lowest BCUT2D eigenvalue weighted by molar-refractivity contribution is 0.101. The second-order valence-corrected chi connectivity index (χ2v) is 7.47. The van der Waals surface area contributed by atoms with Crippen LogP contribution in [0.5, 0.6) is 11.5 Å². The molecule has 9 nitrogen and oxygen atoms in total. The molecule has 9 heteroatoms. The number of rotatable bonds is 4. The molecule has 0 saturated carbocycles. The highest BCUT2D eigenvalue weighted by molar-refractivity contribution is 6.05. The first kappa shape index (κ1) is 22.8. The lowest BCUT2D eigenvalue weighted by Crippen LogP contribution is -2.19. The van der Waals surface area contributed by atoms with E-state index < -0.39 is 0 Å². The number of aryl methyl sites for hydroxylation is 3. The summed E-state index contributed by atoms with van der Waals surface area (Å²) in [6, 6.07) is 14.8. The molecule has 3 heterocycles. The Kier molecular flexibility index (Phi) is 6.18. The largest absolute Gasteiger partial charge is 0.454 e. The SMILES string of the molecule is CC.Cn1nccc1C(=O)Nc1cc(Oc2ccnc3c2n(C)c(=O)n3C)c2ccccc2c1. The number of pyridine rings is 1. The van der Waals surface area contributed by atoms with Crippen LogP contribution in [0.1, 0.15) is 24.3 Å². The molecular formula is C25H26N6O3. The van der Waals surface area contributed by atoms with Crippen molar-refractivity contribution >= 4 is 33.5 Å². The van der Waals surface area contributed by atoms with E-state index in [1.165, 1.54) is 13.8 Å². The zero-order valence-corrected chi connectivity index (χ0v) is 19.7. The number of nitrogens with one attached hydrogen (secondary N) is 1. The molecule has 3 aromatic heterocycles. The second-order valence-electron chi connectivity index (χ2n) is 7.47. The van der Waals surface area contributed by atoms with Gasteiger partial charge in [0.15, 0.2) is 11.4 Å². The topological polar surface area (TPSA) is 96.0 Å². The summed E-state index contributed by atoms with van der Waals surface area (Å²) < 4.78 is 10.8. The van der Waals surface area contributed by atoms with Gasteiger partial charge in [-0.3, -0.25) is 18.6 Å². The summed E-state index contributed by atoms with van der Waals surface area (Å²) in [6.45, 7) is 4.00. The van der Waals surface area contributed by atoms with E-state index in [-0.39, 0.29) is 11.6 Å². The number of anilines is 1. The Labute approximate surface area is 196 Å². The summed E-state index contributed by atoms with van der Waals surface area (Å²) in [5, 5.41) is 8.73. The highest BCUT2D eigenvalue weighted by Crippen LogP contribution is 2.35. The van der Waals surface area contributed by atoms with Gasteiger partial charge in [0.2, 0.25) is 0 Å². The highest BCUT2D eigenvalue weighted by atomic mass is 16.5. The number of benzene rings is 2. The molecule has 0 aliphatic carbocycles. The van der Waals surface area contributed by atoms with Crippen LogP contribution in [-0.2, 0) is 21.1 Å². The summed E-state index contributed by atoms with van der Waals surface area (Å²) in [5.41, 5.74) is 1.95. The molecular weight excluding hydrogens is 432 g/mol. The van der Waals surface area contributed by atoms with Crippen LogP contribution in [0.3, 0.4) is 0 Å². The third-order valence-corrected chi connectivity index (χ3v) is 5.45. The van der Waals surface area contributed by atoms with Crippen molar-refractivity contribution in [1.82, 2.24) is 23.9 Å². The van der Waals surface area contributed by atoms with Gasteiger partial charge >= 0.3 is 5.69 Å². The first-order chi connectivity index (χ1) is 16.4. The van der Waals surface area contributed by atoms with Crippen LogP contribution in [0.4, 0.5) is 5.69 Å². The molecule has 1 amide bonds. The summed E-state index contributed by atoms with van der Waals surface area (Å²) in [6.07, 6.45) is 3.18. The number of hydrogen-bond acceptors (Lipinski definition) is 5. The van der Waals surface area contributed by atoms with Gasteiger partial charge in [-0.1, -0.05) is 38.1 Å². The first-order valence-electron chi connectivity index (χ1n) is 10.9. The molecule has 0 radical (unpaired) electrons. The summed E-state index contributed by atoms with van der Waals surface area (Å²) in [5.74, 6) is 0.769. The number of carbonyl (C=O) groups is 1. The van der Waals surface area contributed by atoms with E-state index in [0.717, 1.165) is 10.8 Å². The molecule has 0 atom stereocenters. The van der Waals surface area contributed by atoms with Gasteiger partial charge in [0.05, 0.1) is 0 Å². The quantitative estimate of drug-likeness (QED) is 0.435. The molecule has 1 N–H and O–H groups in total. The fourth-order valence-corrected chi connectivity index (χ4v) is 3.82. The van der Waals surface area contributed by atoms with Gasteiger partial charge in [0, 0.05) is 56.7 Å².